The Bertz CT molecular complexity index is 790. The Hall–Kier alpha value is -2.60. The van der Waals surface area contributed by atoms with E-state index in [9.17, 15) is 9.59 Å². The van der Waals surface area contributed by atoms with E-state index in [2.05, 4.69) is 0 Å². The molecule has 0 radical (unpaired) electrons. The topological polar surface area (TPSA) is 61.8 Å². The highest BCUT2D eigenvalue weighted by Crippen LogP contribution is 2.35. The summed E-state index contributed by atoms with van der Waals surface area (Å²) in [5.41, 5.74) is 0.481. The zero-order valence-corrected chi connectivity index (χ0v) is 14.1. The summed E-state index contributed by atoms with van der Waals surface area (Å²) < 4.78 is 16.0. The number of fused-ring (bicyclic) bond motifs is 1. The van der Waals surface area contributed by atoms with Gasteiger partial charge >= 0.3 is 5.97 Å². The highest BCUT2D eigenvalue weighted by Gasteiger charge is 2.27. The van der Waals surface area contributed by atoms with Crippen molar-refractivity contribution in [1.29, 1.82) is 0 Å². The minimum Gasteiger partial charge on any atom is -0.482 e. The van der Waals surface area contributed by atoms with Crippen LogP contribution in [0.25, 0.3) is 6.08 Å². The van der Waals surface area contributed by atoms with Crippen LogP contribution in [0.5, 0.6) is 11.5 Å². The van der Waals surface area contributed by atoms with Crippen molar-refractivity contribution in [3.05, 3.63) is 51.9 Å². The largest absolute Gasteiger partial charge is 0.482 e. The molecule has 24 heavy (non-hydrogen) atoms. The van der Waals surface area contributed by atoms with Gasteiger partial charge in [0.1, 0.15) is 11.5 Å². The van der Waals surface area contributed by atoms with E-state index in [0.29, 0.717) is 17.1 Å². The maximum atomic E-state index is 12.3. The van der Waals surface area contributed by atoms with Crippen molar-refractivity contribution in [3.8, 4) is 11.5 Å². The van der Waals surface area contributed by atoms with E-state index in [1.165, 1.54) is 11.3 Å². The molecule has 0 spiro atoms. The van der Waals surface area contributed by atoms with Crippen molar-refractivity contribution in [3.63, 3.8) is 0 Å². The molecular formula is C18H16O5S. The number of hydrogen-bond donors (Lipinski definition) is 0. The molecule has 1 aliphatic rings. The van der Waals surface area contributed by atoms with Gasteiger partial charge in [-0.05, 0) is 37.4 Å². The minimum absolute atomic E-state index is 0.163. The molecule has 0 N–H and O–H groups in total. The first-order valence-electron chi connectivity index (χ1n) is 7.47. The van der Waals surface area contributed by atoms with E-state index < -0.39 is 5.97 Å². The van der Waals surface area contributed by atoms with Crippen LogP contribution in [0.1, 0.15) is 29.1 Å². The van der Waals surface area contributed by atoms with Gasteiger partial charge in [0, 0.05) is 17.0 Å². The Morgan fingerprint density at radius 2 is 2.17 bits per heavy atom. The van der Waals surface area contributed by atoms with E-state index in [0.717, 1.165) is 4.88 Å². The van der Waals surface area contributed by atoms with Crippen LogP contribution in [0.3, 0.4) is 0 Å². The number of ether oxygens (including phenoxy) is 3. The number of carbonyl (C=O) groups is 2. The second kappa shape index (κ2) is 6.88. The summed E-state index contributed by atoms with van der Waals surface area (Å²) >= 11 is 1.53. The molecule has 0 saturated heterocycles. The molecule has 124 valence electrons. The fraction of sp³-hybridized carbons (Fsp3) is 0.222. The number of esters is 1. The van der Waals surface area contributed by atoms with E-state index in [1.807, 2.05) is 17.5 Å². The van der Waals surface area contributed by atoms with Gasteiger partial charge in [0.05, 0.1) is 11.7 Å². The van der Waals surface area contributed by atoms with E-state index in [1.54, 1.807) is 38.1 Å². The molecule has 0 bridgehead atoms. The number of rotatable bonds is 5. The van der Waals surface area contributed by atoms with Crippen LogP contribution in [0, 0.1) is 0 Å². The molecule has 1 aromatic carbocycles. The third-order valence-electron chi connectivity index (χ3n) is 3.18. The molecule has 0 amide bonds. The maximum Gasteiger partial charge on any atom is 0.344 e. The van der Waals surface area contributed by atoms with E-state index in [4.69, 9.17) is 14.2 Å². The summed E-state index contributed by atoms with van der Waals surface area (Å²) in [6, 6.07) is 8.69. The molecule has 0 fully saturated rings. The van der Waals surface area contributed by atoms with Crippen molar-refractivity contribution in [2.45, 2.75) is 20.0 Å². The molecule has 3 rings (SSSR count). The van der Waals surface area contributed by atoms with Crippen molar-refractivity contribution in [2.75, 3.05) is 6.61 Å². The molecular weight excluding hydrogens is 328 g/mol. The summed E-state index contributed by atoms with van der Waals surface area (Å²) in [6.07, 6.45) is 1.53. The first-order chi connectivity index (χ1) is 11.5. The lowest BCUT2D eigenvalue weighted by Gasteiger charge is -2.09. The van der Waals surface area contributed by atoms with Crippen LogP contribution in [-0.2, 0) is 9.53 Å². The molecule has 0 saturated carbocycles. The van der Waals surface area contributed by atoms with Gasteiger partial charge in [-0.3, -0.25) is 4.79 Å². The van der Waals surface area contributed by atoms with Gasteiger partial charge in [-0.15, -0.1) is 11.3 Å². The smallest absolute Gasteiger partial charge is 0.344 e. The van der Waals surface area contributed by atoms with Gasteiger partial charge in [0.25, 0.3) is 0 Å². The van der Waals surface area contributed by atoms with Crippen LogP contribution < -0.4 is 9.47 Å². The Morgan fingerprint density at radius 3 is 2.88 bits per heavy atom. The Labute approximate surface area is 143 Å². The highest BCUT2D eigenvalue weighted by atomic mass is 32.1. The lowest BCUT2D eigenvalue weighted by Crippen LogP contribution is -2.18. The number of thiophene rings is 1. The lowest BCUT2D eigenvalue weighted by molar-refractivity contribution is -0.149. The Balaban J connectivity index is 1.70. The van der Waals surface area contributed by atoms with Gasteiger partial charge in [-0.1, -0.05) is 6.07 Å². The van der Waals surface area contributed by atoms with Crippen LogP contribution in [0.2, 0.25) is 0 Å². The number of benzene rings is 1. The standard InChI is InChI=1S/C18H16O5S/c1-11(2)22-17(19)10-21-12-5-6-14-15(8-12)23-16(18(14)20)9-13-4-3-7-24-13/h3-9,11H,10H2,1-2H3/b16-9-. The second-order valence-electron chi connectivity index (χ2n) is 5.44. The average molecular weight is 344 g/mol. The number of hydrogen-bond acceptors (Lipinski definition) is 6. The van der Waals surface area contributed by atoms with Crippen molar-refractivity contribution in [2.24, 2.45) is 0 Å². The number of ketones is 1. The predicted octanol–water partition coefficient (Wildman–Crippen LogP) is 3.69. The maximum absolute atomic E-state index is 12.3. The normalized spacial score (nSPS) is 14.6. The van der Waals surface area contributed by atoms with Gasteiger partial charge in [0.15, 0.2) is 12.4 Å². The fourth-order valence-electron chi connectivity index (χ4n) is 2.20. The predicted molar refractivity (Wildman–Crippen MR) is 90.4 cm³/mol. The first-order valence-corrected chi connectivity index (χ1v) is 8.35. The molecule has 2 heterocycles. The zero-order chi connectivity index (χ0) is 17.1. The fourth-order valence-corrected chi connectivity index (χ4v) is 2.85. The number of allylic oxidation sites excluding steroid dienone is 1. The summed E-state index contributed by atoms with van der Waals surface area (Å²) in [7, 11) is 0. The van der Waals surface area contributed by atoms with Crippen molar-refractivity contribution >= 4 is 29.2 Å². The van der Waals surface area contributed by atoms with Crippen LogP contribution in [-0.4, -0.2) is 24.5 Å². The summed E-state index contributed by atoms with van der Waals surface area (Å²) in [5, 5.41) is 1.93. The molecule has 6 heteroatoms. The zero-order valence-electron chi connectivity index (χ0n) is 13.3. The SMILES string of the molecule is CC(C)OC(=O)COc1ccc2c(c1)O/C(=C\c1cccs1)C2=O. The van der Waals surface area contributed by atoms with E-state index in [-0.39, 0.29) is 24.3 Å². The molecule has 2 aromatic rings. The summed E-state index contributed by atoms with van der Waals surface area (Å²) in [5.74, 6) is 0.547. The molecule has 0 aliphatic carbocycles. The number of carbonyl (C=O) groups excluding carboxylic acids is 2. The van der Waals surface area contributed by atoms with Crippen LogP contribution in [0.4, 0.5) is 0 Å². The van der Waals surface area contributed by atoms with Crippen LogP contribution in [0.15, 0.2) is 41.5 Å². The van der Waals surface area contributed by atoms with Gasteiger partial charge < -0.3 is 14.2 Å². The van der Waals surface area contributed by atoms with Gasteiger partial charge in [-0.25, -0.2) is 4.79 Å². The average Bonchev–Trinajstić information content (AvgIpc) is 3.14. The Kier molecular flexibility index (Phi) is 4.66. The summed E-state index contributed by atoms with van der Waals surface area (Å²) in [4.78, 5) is 24.8. The molecule has 1 aliphatic heterocycles. The van der Waals surface area contributed by atoms with E-state index >= 15 is 0 Å². The van der Waals surface area contributed by atoms with Crippen LogP contribution >= 0.6 is 11.3 Å². The quantitative estimate of drug-likeness (QED) is 0.611. The second-order valence-corrected chi connectivity index (χ2v) is 6.42. The molecule has 1 aromatic heterocycles. The molecule has 0 unspecified atom stereocenters. The van der Waals surface area contributed by atoms with Gasteiger partial charge in [-0.2, -0.15) is 0 Å². The third kappa shape index (κ3) is 3.65. The highest BCUT2D eigenvalue weighted by molar-refractivity contribution is 7.10. The summed E-state index contributed by atoms with van der Waals surface area (Å²) in [6.45, 7) is 3.35. The monoisotopic (exact) mass is 344 g/mol. The lowest BCUT2D eigenvalue weighted by atomic mass is 10.1. The Morgan fingerprint density at radius 1 is 1.33 bits per heavy atom. The van der Waals surface area contributed by atoms with Gasteiger partial charge in [0.2, 0.25) is 5.78 Å². The molecule has 0 atom stereocenters. The third-order valence-corrected chi connectivity index (χ3v) is 4.00. The van der Waals surface area contributed by atoms with Crippen molar-refractivity contribution < 1.29 is 23.8 Å². The first kappa shape index (κ1) is 16.3. The number of Topliss-reactive ketones (excluding diaryl/α,β-unsaturated/α-hetero) is 1. The van der Waals surface area contributed by atoms with Crippen molar-refractivity contribution in [1.82, 2.24) is 0 Å². The molecule has 5 nitrogen and oxygen atoms in total. The minimum atomic E-state index is -0.444.